The van der Waals surface area contributed by atoms with Crippen LogP contribution in [0.2, 0.25) is 15.1 Å². The maximum absolute atomic E-state index is 12.2. The number of carbonyl (C=O) groups is 1. The molecule has 0 aliphatic carbocycles. The average Bonchev–Trinajstić information content (AvgIpc) is 3.02. The molecule has 152 valence electrons. The van der Waals surface area contributed by atoms with E-state index in [0.717, 1.165) is 11.3 Å². The summed E-state index contributed by atoms with van der Waals surface area (Å²) in [4.78, 5) is 12.2. The van der Waals surface area contributed by atoms with Gasteiger partial charge in [0.05, 0.1) is 16.5 Å². The smallest absolute Gasteiger partial charge is 0.234 e. The summed E-state index contributed by atoms with van der Waals surface area (Å²) in [7, 11) is 1.82. The van der Waals surface area contributed by atoms with Crippen molar-refractivity contribution in [2.24, 2.45) is 7.05 Å². The molecule has 29 heavy (non-hydrogen) atoms. The van der Waals surface area contributed by atoms with Crippen molar-refractivity contribution in [2.75, 3.05) is 11.1 Å². The molecule has 0 saturated heterocycles. The van der Waals surface area contributed by atoms with Crippen LogP contribution in [0.25, 0.3) is 0 Å². The van der Waals surface area contributed by atoms with Crippen LogP contribution in [-0.2, 0) is 18.4 Å². The normalized spacial score (nSPS) is 10.8. The third kappa shape index (κ3) is 5.79. The predicted molar refractivity (Wildman–Crippen MR) is 117 cm³/mol. The number of thioether (sulfide) groups is 1. The molecule has 0 aliphatic rings. The summed E-state index contributed by atoms with van der Waals surface area (Å²) in [5, 5.41) is 13.2. The van der Waals surface area contributed by atoms with E-state index in [4.69, 9.17) is 39.5 Å². The van der Waals surface area contributed by atoms with Gasteiger partial charge >= 0.3 is 0 Å². The highest BCUT2D eigenvalue weighted by atomic mass is 35.5. The number of nitrogens with zero attached hydrogens (tertiary/aromatic N) is 3. The molecule has 6 nitrogen and oxygen atoms in total. The van der Waals surface area contributed by atoms with Gasteiger partial charge in [0.2, 0.25) is 5.91 Å². The molecule has 0 unspecified atom stereocenters. The molecule has 1 amide bonds. The number of carbonyl (C=O) groups excluding carboxylic acids is 1. The first-order valence-electron chi connectivity index (χ1n) is 8.48. The molecule has 3 rings (SSSR count). The monoisotopic (exact) mass is 470 g/mol. The first-order valence-corrected chi connectivity index (χ1v) is 10.6. The SMILES string of the molecule is Cc1cc(Cl)ccc1OCc1nnc(SCC(=O)Nc2cc(Cl)ccc2Cl)n1C. The third-order valence-corrected chi connectivity index (χ3v) is 5.77. The number of anilines is 1. The number of aromatic nitrogens is 3. The number of hydrogen-bond donors (Lipinski definition) is 1. The fraction of sp³-hybridized carbons (Fsp3) is 0.211. The van der Waals surface area contributed by atoms with E-state index >= 15 is 0 Å². The van der Waals surface area contributed by atoms with Gasteiger partial charge < -0.3 is 14.6 Å². The Bertz CT molecular complexity index is 1040. The molecular weight excluding hydrogens is 455 g/mol. The molecule has 0 fully saturated rings. The Morgan fingerprint density at radius 1 is 1.14 bits per heavy atom. The van der Waals surface area contributed by atoms with Gasteiger partial charge in [-0.2, -0.15) is 0 Å². The molecule has 0 spiro atoms. The fourth-order valence-corrected chi connectivity index (χ4v) is 3.72. The quantitative estimate of drug-likeness (QED) is 0.468. The first-order chi connectivity index (χ1) is 13.8. The van der Waals surface area contributed by atoms with Crippen LogP contribution in [-0.4, -0.2) is 26.4 Å². The Hall–Kier alpha value is -1.93. The van der Waals surface area contributed by atoms with Gasteiger partial charge in [0.1, 0.15) is 12.4 Å². The Labute approximate surface area is 187 Å². The molecule has 0 saturated carbocycles. The highest BCUT2D eigenvalue weighted by Gasteiger charge is 2.13. The van der Waals surface area contributed by atoms with Crippen LogP contribution in [0.15, 0.2) is 41.6 Å². The second kappa shape index (κ2) is 9.71. The second-order valence-electron chi connectivity index (χ2n) is 6.12. The van der Waals surface area contributed by atoms with Crippen LogP contribution in [0.3, 0.4) is 0 Å². The van der Waals surface area contributed by atoms with Gasteiger partial charge in [0.25, 0.3) is 0 Å². The van der Waals surface area contributed by atoms with Crippen LogP contribution < -0.4 is 10.1 Å². The predicted octanol–water partition coefficient (Wildman–Crippen LogP) is 5.39. The van der Waals surface area contributed by atoms with E-state index < -0.39 is 0 Å². The number of amides is 1. The average molecular weight is 472 g/mol. The number of aryl methyl sites for hydroxylation is 1. The number of ether oxygens (including phenoxy) is 1. The zero-order valence-electron chi connectivity index (χ0n) is 15.6. The minimum atomic E-state index is -0.225. The van der Waals surface area contributed by atoms with Crippen LogP contribution in [0.1, 0.15) is 11.4 Å². The molecule has 2 aromatic carbocycles. The van der Waals surface area contributed by atoms with Crippen LogP contribution >= 0.6 is 46.6 Å². The van der Waals surface area contributed by atoms with E-state index in [1.807, 2.05) is 26.1 Å². The van der Waals surface area contributed by atoms with Gasteiger partial charge in [-0.3, -0.25) is 4.79 Å². The minimum Gasteiger partial charge on any atom is -0.485 e. The van der Waals surface area contributed by atoms with E-state index in [9.17, 15) is 4.79 Å². The zero-order chi connectivity index (χ0) is 21.0. The second-order valence-corrected chi connectivity index (χ2v) is 8.34. The molecular formula is C19H17Cl3N4O2S. The Balaban J connectivity index is 1.56. The first kappa shape index (κ1) is 21.8. The van der Waals surface area contributed by atoms with Gasteiger partial charge in [-0.1, -0.05) is 46.6 Å². The summed E-state index contributed by atoms with van der Waals surface area (Å²) in [5.74, 6) is 1.28. The van der Waals surface area contributed by atoms with E-state index in [0.29, 0.717) is 31.7 Å². The zero-order valence-corrected chi connectivity index (χ0v) is 18.7. The molecule has 0 bridgehead atoms. The van der Waals surface area contributed by atoms with Gasteiger partial charge in [-0.15, -0.1) is 10.2 Å². The molecule has 10 heteroatoms. The lowest BCUT2D eigenvalue weighted by Gasteiger charge is -2.09. The van der Waals surface area contributed by atoms with Crippen molar-refractivity contribution in [3.8, 4) is 5.75 Å². The van der Waals surface area contributed by atoms with E-state index in [2.05, 4.69) is 15.5 Å². The van der Waals surface area contributed by atoms with Gasteiger partial charge in [0, 0.05) is 17.1 Å². The lowest BCUT2D eigenvalue weighted by Crippen LogP contribution is -2.15. The highest BCUT2D eigenvalue weighted by Crippen LogP contribution is 2.26. The van der Waals surface area contributed by atoms with Gasteiger partial charge in [0.15, 0.2) is 11.0 Å². The van der Waals surface area contributed by atoms with E-state index in [1.165, 1.54) is 11.8 Å². The maximum atomic E-state index is 12.2. The Kier molecular flexibility index (Phi) is 7.29. The van der Waals surface area contributed by atoms with E-state index in [-0.39, 0.29) is 18.3 Å². The summed E-state index contributed by atoms with van der Waals surface area (Å²) >= 11 is 19.2. The summed E-state index contributed by atoms with van der Waals surface area (Å²) in [5.41, 5.74) is 1.40. The lowest BCUT2D eigenvalue weighted by molar-refractivity contribution is -0.113. The number of halogens is 3. The van der Waals surface area contributed by atoms with Crippen molar-refractivity contribution in [2.45, 2.75) is 18.7 Å². The van der Waals surface area contributed by atoms with Crippen molar-refractivity contribution < 1.29 is 9.53 Å². The number of rotatable bonds is 7. The van der Waals surface area contributed by atoms with Crippen molar-refractivity contribution in [3.05, 3.63) is 62.9 Å². The van der Waals surface area contributed by atoms with E-state index in [1.54, 1.807) is 28.8 Å². The fourth-order valence-electron chi connectivity index (χ4n) is 2.42. The Morgan fingerprint density at radius 3 is 2.62 bits per heavy atom. The van der Waals surface area contributed by atoms with Gasteiger partial charge in [-0.25, -0.2) is 0 Å². The third-order valence-electron chi connectivity index (χ3n) is 3.95. The summed E-state index contributed by atoms with van der Waals surface area (Å²) < 4.78 is 7.59. The van der Waals surface area contributed by atoms with Crippen molar-refractivity contribution in [1.29, 1.82) is 0 Å². The molecule has 1 N–H and O–H groups in total. The topological polar surface area (TPSA) is 69.0 Å². The molecule has 0 atom stereocenters. The number of benzene rings is 2. The standard InChI is InChI=1S/C19H17Cl3N4O2S/c1-11-7-12(20)4-6-16(11)28-9-17-24-25-19(26(17)2)29-10-18(27)23-15-8-13(21)3-5-14(15)22/h3-8H,9-10H2,1-2H3,(H,23,27). The molecule has 1 aromatic heterocycles. The molecule has 3 aromatic rings. The number of nitrogens with one attached hydrogen (secondary N) is 1. The molecule has 1 heterocycles. The number of hydrogen-bond acceptors (Lipinski definition) is 5. The summed E-state index contributed by atoms with van der Waals surface area (Å²) in [6, 6.07) is 10.3. The van der Waals surface area contributed by atoms with Crippen LogP contribution in [0.5, 0.6) is 5.75 Å². The van der Waals surface area contributed by atoms with Crippen molar-refractivity contribution in [1.82, 2.24) is 14.8 Å². The van der Waals surface area contributed by atoms with Crippen molar-refractivity contribution >= 4 is 58.2 Å². The van der Waals surface area contributed by atoms with Crippen molar-refractivity contribution in [3.63, 3.8) is 0 Å². The summed E-state index contributed by atoms with van der Waals surface area (Å²) in [6.45, 7) is 2.17. The maximum Gasteiger partial charge on any atom is 0.234 e. The molecule has 0 radical (unpaired) electrons. The van der Waals surface area contributed by atoms with Gasteiger partial charge in [-0.05, 0) is 48.9 Å². The van der Waals surface area contributed by atoms with Crippen LogP contribution in [0.4, 0.5) is 5.69 Å². The Morgan fingerprint density at radius 2 is 1.86 bits per heavy atom. The highest BCUT2D eigenvalue weighted by molar-refractivity contribution is 7.99. The van der Waals surface area contributed by atoms with Crippen LogP contribution in [0, 0.1) is 6.92 Å². The minimum absolute atomic E-state index is 0.145. The molecule has 0 aliphatic heterocycles. The largest absolute Gasteiger partial charge is 0.485 e. The lowest BCUT2D eigenvalue weighted by atomic mass is 10.2. The summed E-state index contributed by atoms with van der Waals surface area (Å²) in [6.07, 6.45) is 0.